The number of nitrogens with one attached hydrogen (secondary N) is 1. The Morgan fingerprint density at radius 3 is 2.38 bits per heavy atom. The van der Waals surface area contributed by atoms with Crippen molar-refractivity contribution in [1.82, 2.24) is 25.1 Å². The van der Waals surface area contributed by atoms with Crippen molar-refractivity contribution in [3.8, 4) is 28.3 Å². The number of phenols is 1. The molecule has 4 heterocycles. The first-order chi connectivity index (χ1) is 17.6. The first-order valence-corrected chi connectivity index (χ1v) is 13.1. The van der Waals surface area contributed by atoms with Crippen LogP contribution in [0.25, 0.3) is 22.5 Å². The van der Waals surface area contributed by atoms with Crippen molar-refractivity contribution in [1.29, 1.82) is 0 Å². The predicted molar refractivity (Wildman–Crippen MR) is 140 cm³/mol. The van der Waals surface area contributed by atoms with E-state index in [-0.39, 0.29) is 16.8 Å². The first kappa shape index (κ1) is 24.0. The highest BCUT2D eigenvalue weighted by Gasteiger charge is 2.49. The molecule has 3 atom stereocenters. The molecule has 1 aliphatic carbocycles. The number of pyridine rings is 1. The molecule has 37 heavy (non-hydrogen) atoms. The van der Waals surface area contributed by atoms with Crippen LogP contribution in [0.5, 0.6) is 5.75 Å². The van der Waals surface area contributed by atoms with Gasteiger partial charge in [0, 0.05) is 36.3 Å². The third kappa shape index (κ3) is 4.50. The van der Waals surface area contributed by atoms with Gasteiger partial charge in [-0.1, -0.05) is 6.07 Å². The van der Waals surface area contributed by atoms with Gasteiger partial charge in [0.1, 0.15) is 5.75 Å². The Kier molecular flexibility index (Phi) is 5.60. The maximum atomic E-state index is 14.0. The summed E-state index contributed by atoms with van der Waals surface area (Å²) in [6.45, 7) is 4.70. The summed E-state index contributed by atoms with van der Waals surface area (Å²) in [6, 6.07) is 8.35. The number of phenolic OH excluding ortho intramolecular Hbond substituents is 1. The lowest BCUT2D eigenvalue weighted by molar-refractivity contribution is 0.0766. The highest BCUT2D eigenvalue weighted by Crippen LogP contribution is 2.45. The SMILES string of the molecule is Cn1c(F)cc(-c2ccc(-c3ncc(N(C4CC4)C4C[C@]5(C)CCC[C@](C)(C4)N5)nn3)c(O)c2)cc1=O. The maximum Gasteiger partial charge on any atom is 0.253 e. The smallest absolute Gasteiger partial charge is 0.253 e. The molecule has 0 spiro atoms. The van der Waals surface area contributed by atoms with Crippen molar-refractivity contribution < 1.29 is 9.50 Å². The normalized spacial score (nSPS) is 27.2. The van der Waals surface area contributed by atoms with Crippen molar-refractivity contribution in [2.75, 3.05) is 4.90 Å². The van der Waals surface area contributed by atoms with E-state index in [9.17, 15) is 14.3 Å². The summed E-state index contributed by atoms with van der Waals surface area (Å²) in [5.41, 5.74) is 1.18. The van der Waals surface area contributed by atoms with Crippen LogP contribution in [0.3, 0.4) is 0 Å². The number of nitrogens with zero attached hydrogens (tertiary/aromatic N) is 5. The lowest BCUT2D eigenvalue weighted by Crippen LogP contribution is -2.67. The molecule has 3 fully saturated rings. The molecule has 1 unspecified atom stereocenters. The van der Waals surface area contributed by atoms with Crippen LogP contribution in [0.4, 0.5) is 10.2 Å². The van der Waals surface area contributed by atoms with Crippen molar-refractivity contribution in [2.45, 2.75) is 82.0 Å². The summed E-state index contributed by atoms with van der Waals surface area (Å²) in [7, 11) is 1.37. The molecule has 0 radical (unpaired) electrons. The second-order valence-electron chi connectivity index (χ2n) is 11.6. The molecule has 1 aromatic carbocycles. The van der Waals surface area contributed by atoms with E-state index in [0.717, 1.165) is 36.1 Å². The molecule has 2 bridgehead atoms. The summed E-state index contributed by atoms with van der Waals surface area (Å²) in [5, 5.41) is 23.6. The summed E-state index contributed by atoms with van der Waals surface area (Å²) >= 11 is 0. The maximum absolute atomic E-state index is 14.0. The van der Waals surface area contributed by atoms with Crippen LogP contribution in [0, 0.1) is 5.95 Å². The predicted octanol–water partition coefficient (Wildman–Crippen LogP) is 4.17. The van der Waals surface area contributed by atoms with Crippen LogP contribution < -0.4 is 15.8 Å². The number of hydrogen-bond acceptors (Lipinski definition) is 7. The molecule has 3 aliphatic rings. The largest absolute Gasteiger partial charge is 0.507 e. The quantitative estimate of drug-likeness (QED) is 0.504. The molecule has 2 aliphatic heterocycles. The Bertz CT molecular complexity index is 1390. The van der Waals surface area contributed by atoms with Gasteiger partial charge in [-0.3, -0.25) is 9.36 Å². The molecule has 2 saturated heterocycles. The second kappa shape index (κ2) is 8.62. The van der Waals surface area contributed by atoms with Crippen LogP contribution >= 0.6 is 0 Å². The second-order valence-corrected chi connectivity index (χ2v) is 11.6. The van der Waals surface area contributed by atoms with Crippen molar-refractivity contribution in [2.24, 2.45) is 7.05 Å². The van der Waals surface area contributed by atoms with Gasteiger partial charge in [-0.05, 0) is 88.1 Å². The molecule has 2 N–H and O–H groups in total. The molecule has 0 amide bonds. The summed E-state index contributed by atoms with van der Waals surface area (Å²) in [6.07, 6.45) is 9.90. The van der Waals surface area contributed by atoms with E-state index in [1.165, 1.54) is 44.5 Å². The highest BCUT2D eigenvalue weighted by molar-refractivity contribution is 5.72. The van der Waals surface area contributed by atoms with Crippen LogP contribution in [0.2, 0.25) is 0 Å². The molecular formula is C28H33FN6O2. The molecule has 1 saturated carbocycles. The Hall–Kier alpha value is -3.33. The first-order valence-electron chi connectivity index (χ1n) is 13.1. The van der Waals surface area contributed by atoms with E-state index < -0.39 is 11.5 Å². The number of aromatic hydroxyl groups is 1. The van der Waals surface area contributed by atoms with Crippen molar-refractivity contribution >= 4 is 5.82 Å². The number of halogens is 1. The van der Waals surface area contributed by atoms with E-state index in [4.69, 9.17) is 0 Å². The van der Waals surface area contributed by atoms with Gasteiger partial charge < -0.3 is 15.3 Å². The van der Waals surface area contributed by atoms with Crippen molar-refractivity contribution in [3.63, 3.8) is 0 Å². The monoisotopic (exact) mass is 504 g/mol. The van der Waals surface area contributed by atoms with E-state index in [0.29, 0.717) is 34.6 Å². The number of fused-ring (bicyclic) bond motifs is 2. The average Bonchev–Trinajstić information content (AvgIpc) is 3.67. The van der Waals surface area contributed by atoms with Gasteiger partial charge in [0.05, 0.1) is 11.8 Å². The van der Waals surface area contributed by atoms with Crippen molar-refractivity contribution in [3.05, 3.63) is 52.8 Å². The number of benzene rings is 1. The van der Waals surface area contributed by atoms with Crippen LogP contribution in [0.15, 0.2) is 41.3 Å². The minimum absolute atomic E-state index is 0.0563. The minimum atomic E-state index is -0.644. The number of rotatable bonds is 5. The lowest BCUT2D eigenvalue weighted by Gasteiger charge is -2.55. The summed E-state index contributed by atoms with van der Waals surface area (Å²) in [4.78, 5) is 19.0. The highest BCUT2D eigenvalue weighted by atomic mass is 19.1. The average molecular weight is 505 g/mol. The number of anilines is 1. The fraction of sp³-hybridized carbons (Fsp3) is 0.500. The zero-order valence-electron chi connectivity index (χ0n) is 21.5. The van der Waals surface area contributed by atoms with Gasteiger partial charge in [-0.15, -0.1) is 10.2 Å². The number of aromatic nitrogens is 4. The molecule has 194 valence electrons. The molecule has 3 aromatic rings. The molecule has 9 heteroatoms. The fourth-order valence-electron chi connectivity index (χ4n) is 6.54. The molecule has 2 aromatic heterocycles. The van der Waals surface area contributed by atoms with E-state index >= 15 is 0 Å². The lowest BCUT2D eigenvalue weighted by atomic mass is 9.69. The Morgan fingerprint density at radius 1 is 1.05 bits per heavy atom. The fourth-order valence-corrected chi connectivity index (χ4v) is 6.54. The zero-order valence-corrected chi connectivity index (χ0v) is 21.5. The Balaban J connectivity index is 1.27. The summed E-state index contributed by atoms with van der Waals surface area (Å²) < 4.78 is 15.0. The minimum Gasteiger partial charge on any atom is -0.507 e. The van der Waals surface area contributed by atoms with Crippen LogP contribution in [-0.4, -0.2) is 48.0 Å². The van der Waals surface area contributed by atoms with Crippen LogP contribution in [-0.2, 0) is 7.05 Å². The van der Waals surface area contributed by atoms with Gasteiger partial charge >= 0.3 is 0 Å². The van der Waals surface area contributed by atoms with E-state index in [2.05, 4.69) is 39.2 Å². The summed E-state index contributed by atoms with van der Waals surface area (Å²) in [5.74, 6) is 0.406. The molecule has 8 nitrogen and oxygen atoms in total. The van der Waals surface area contributed by atoms with Gasteiger partial charge in [0.25, 0.3) is 5.56 Å². The number of piperidine rings is 2. The topological polar surface area (TPSA) is 96.2 Å². The van der Waals surface area contributed by atoms with E-state index in [1.807, 2.05) is 0 Å². The third-order valence-electron chi connectivity index (χ3n) is 8.36. The number of hydrogen-bond donors (Lipinski definition) is 2. The van der Waals surface area contributed by atoms with Gasteiger partial charge in [0.15, 0.2) is 17.6 Å². The van der Waals surface area contributed by atoms with Crippen LogP contribution in [0.1, 0.15) is 58.8 Å². The molecular weight excluding hydrogens is 471 g/mol. The Morgan fingerprint density at radius 2 is 1.78 bits per heavy atom. The Labute approximate surface area is 215 Å². The van der Waals surface area contributed by atoms with Gasteiger partial charge in [-0.25, -0.2) is 4.98 Å². The zero-order chi connectivity index (χ0) is 25.9. The van der Waals surface area contributed by atoms with Gasteiger partial charge in [0.2, 0.25) is 0 Å². The van der Waals surface area contributed by atoms with Gasteiger partial charge in [-0.2, -0.15) is 4.39 Å². The standard InChI is InChI=1S/C28H33FN6O2/c1-27-9-4-10-28(2,33-27)15-20(14-27)35(19-6-7-19)24-16-30-26(32-31-24)21-8-5-17(11-22(21)36)18-12-23(29)34(3)25(37)13-18/h5,8,11-13,16,19-20,33,36H,4,6-7,9-10,14-15H2,1-3H3/t20?,27-,28+. The van der Waals surface area contributed by atoms with E-state index in [1.54, 1.807) is 18.3 Å². The molecule has 6 rings (SSSR count). The third-order valence-corrected chi connectivity index (χ3v) is 8.36.